The number of rotatable bonds is 2. The van der Waals surface area contributed by atoms with E-state index in [0.29, 0.717) is 11.2 Å². The number of aryl methyl sites for hydroxylation is 1. The second kappa shape index (κ2) is 5.30. The number of hydrogen-bond donors (Lipinski definition) is 0. The van der Waals surface area contributed by atoms with Crippen molar-refractivity contribution in [2.45, 2.75) is 6.92 Å². The SMILES string of the molecule is Cc1nc(-c2ccccc2)sc1-c1ccn2ncc(C#N)c2n1. The van der Waals surface area contributed by atoms with Gasteiger partial charge in [-0.2, -0.15) is 10.4 Å². The van der Waals surface area contributed by atoms with Gasteiger partial charge in [-0.3, -0.25) is 0 Å². The number of fused-ring (bicyclic) bond motifs is 1. The molecule has 0 aliphatic carbocycles. The van der Waals surface area contributed by atoms with Crippen molar-refractivity contribution >= 4 is 17.0 Å². The van der Waals surface area contributed by atoms with Crippen LogP contribution in [0, 0.1) is 18.3 Å². The summed E-state index contributed by atoms with van der Waals surface area (Å²) in [7, 11) is 0. The molecule has 0 aliphatic heterocycles. The highest BCUT2D eigenvalue weighted by atomic mass is 32.1. The van der Waals surface area contributed by atoms with Gasteiger partial charge in [0.1, 0.15) is 16.6 Å². The Hall–Kier alpha value is -3.04. The average molecular weight is 317 g/mol. The summed E-state index contributed by atoms with van der Waals surface area (Å²) in [6, 6.07) is 14.1. The molecule has 3 aromatic heterocycles. The van der Waals surface area contributed by atoms with Crippen LogP contribution >= 0.6 is 11.3 Å². The molecule has 0 fully saturated rings. The first kappa shape index (κ1) is 13.6. The Kier molecular flexibility index (Phi) is 3.14. The molecule has 3 heterocycles. The number of thiazole rings is 1. The van der Waals surface area contributed by atoms with Crippen molar-refractivity contribution in [2.24, 2.45) is 0 Å². The van der Waals surface area contributed by atoms with Gasteiger partial charge in [-0.25, -0.2) is 14.5 Å². The second-order valence-electron chi connectivity index (χ2n) is 5.05. The zero-order chi connectivity index (χ0) is 15.8. The third-order valence-corrected chi connectivity index (χ3v) is 4.77. The van der Waals surface area contributed by atoms with Gasteiger partial charge in [0.15, 0.2) is 5.65 Å². The van der Waals surface area contributed by atoms with Gasteiger partial charge in [0.25, 0.3) is 0 Å². The molecule has 110 valence electrons. The second-order valence-corrected chi connectivity index (χ2v) is 6.05. The van der Waals surface area contributed by atoms with Crippen LogP contribution in [-0.4, -0.2) is 19.6 Å². The zero-order valence-corrected chi connectivity index (χ0v) is 13.1. The quantitative estimate of drug-likeness (QED) is 0.565. The van der Waals surface area contributed by atoms with Crippen molar-refractivity contribution in [2.75, 3.05) is 0 Å². The number of aromatic nitrogens is 4. The van der Waals surface area contributed by atoms with E-state index < -0.39 is 0 Å². The van der Waals surface area contributed by atoms with Gasteiger partial charge < -0.3 is 0 Å². The average Bonchev–Trinajstić information content (AvgIpc) is 3.18. The molecule has 0 N–H and O–H groups in total. The lowest BCUT2D eigenvalue weighted by Crippen LogP contribution is -1.92. The molecule has 0 atom stereocenters. The minimum Gasteiger partial charge on any atom is -0.241 e. The fraction of sp³-hybridized carbons (Fsp3) is 0.0588. The molecule has 0 saturated heterocycles. The summed E-state index contributed by atoms with van der Waals surface area (Å²) in [6.07, 6.45) is 3.35. The Bertz CT molecular complexity index is 1040. The van der Waals surface area contributed by atoms with E-state index in [1.165, 1.54) is 6.20 Å². The smallest absolute Gasteiger partial charge is 0.173 e. The molecule has 0 unspecified atom stereocenters. The monoisotopic (exact) mass is 317 g/mol. The van der Waals surface area contributed by atoms with Crippen molar-refractivity contribution in [1.82, 2.24) is 19.6 Å². The van der Waals surface area contributed by atoms with Crippen LogP contribution in [0.25, 0.3) is 26.8 Å². The fourth-order valence-corrected chi connectivity index (χ4v) is 3.45. The summed E-state index contributed by atoms with van der Waals surface area (Å²) in [5.41, 5.74) is 3.88. The van der Waals surface area contributed by atoms with Crippen molar-refractivity contribution in [3.05, 3.63) is 60.0 Å². The molecule has 4 rings (SSSR count). The van der Waals surface area contributed by atoms with Crippen LogP contribution in [0.3, 0.4) is 0 Å². The molecule has 6 heteroatoms. The van der Waals surface area contributed by atoms with Crippen LogP contribution in [0.15, 0.2) is 48.8 Å². The van der Waals surface area contributed by atoms with E-state index in [1.807, 2.05) is 49.5 Å². The first-order chi connectivity index (χ1) is 11.3. The van der Waals surface area contributed by atoms with E-state index >= 15 is 0 Å². The third kappa shape index (κ3) is 2.28. The van der Waals surface area contributed by atoms with E-state index in [9.17, 15) is 0 Å². The largest absolute Gasteiger partial charge is 0.241 e. The van der Waals surface area contributed by atoms with Crippen molar-refractivity contribution in [3.8, 4) is 27.2 Å². The molecular weight excluding hydrogens is 306 g/mol. The summed E-state index contributed by atoms with van der Waals surface area (Å²) in [5.74, 6) is 0. The van der Waals surface area contributed by atoms with Gasteiger partial charge in [-0.1, -0.05) is 30.3 Å². The van der Waals surface area contributed by atoms with Crippen molar-refractivity contribution in [3.63, 3.8) is 0 Å². The molecule has 0 radical (unpaired) electrons. The first-order valence-corrected chi connectivity index (χ1v) is 7.85. The summed E-state index contributed by atoms with van der Waals surface area (Å²) in [6.45, 7) is 1.98. The Balaban J connectivity index is 1.85. The zero-order valence-electron chi connectivity index (χ0n) is 12.3. The fourth-order valence-electron chi connectivity index (χ4n) is 2.41. The maximum Gasteiger partial charge on any atom is 0.173 e. The van der Waals surface area contributed by atoms with Gasteiger partial charge in [-0.15, -0.1) is 11.3 Å². The predicted molar refractivity (Wildman–Crippen MR) is 89.0 cm³/mol. The Morgan fingerprint density at radius 2 is 1.96 bits per heavy atom. The lowest BCUT2D eigenvalue weighted by atomic mass is 10.2. The first-order valence-electron chi connectivity index (χ1n) is 7.04. The number of nitrogens with zero attached hydrogens (tertiary/aromatic N) is 5. The van der Waals surface area contributed by atoms with Crippen LogP contribution in [0.5, 0.6) is 0 Å². The molecule has 5 nitrogen and oxygen atoms in total. The van der Waals surface area contributed by atoms with E-state index in [2.05, 4.69) is 21.1 Å². The van der Waals surface area contributed by atoms with Gasteiger partial charge in [0, 0.05) is 11.8 Å². The Morgan fingerprint density at radius 3 is 2.74 bits per heavy atom. The van der Waals surface area contributed by atoms with Gasteiger partial charge in [-0.05, 0) is 13.0 Å². The molecule has 0 saturated carbocycles. The number of hydrogen-bond acceptors (Lipinski definition) is 5. The highest BCUT2D eigenvalue weighted by molar-refractivity contribution is 7.18. The Morgan fingerprint density at radius 1 is 1.13 bits per heavy atom. The van der Waals surface area contributed by atoms with E-state index in [1.54, 1.807) is 15.9 Å². The lowest BCUT2D eigenvalue weighted by molar-refractivity contribution is 0.941. The predicted octanol–water partition coefficient (Wildman–Crippen LogP) is 3.70. The molecule has 4 aromatic rings. The van der Waals surface area contributed by atoms with E-state index in [0.717, 1.165) is 26.8 Å². The topological polar surface area (TPSA) is 66.9 Å². The highest BCUT2D eigenvalue weighted by Crippen LogP contribution is 2.34. The van der Waals surface area contributed by atoms with Crippen molar-refractivity contribution < 1.29 is 0 Å². The van der Waals surface area contributed by atoms with E-state index in [4.69, 9.17) is 5.26 Å². The molecule has 0 aliphatic rings. The standard InChI is InChI=1S/C17H11N5S/c1-11-15(23-17(20-11)12-5-3-2-4-6-12)14-7-8-22-16(21-14)13(9-18)10-19-22/h2-8,10H,1H3. The summed E-state index contributed by atoms with van der Waals surface area (Å²) in [5, 5.41) is 14.2. The summed E-state index contributed by atoms with van der Waals surface area (Å²) < 4.78 is 1.61. The van der Waals surface area contributed by atoms with Crippen LogP contribution in [-0.2, 0) is 0 Å². The minimum absolute atomic E-state index is 0.470. The molecule has 0 amide bonds. The maximum absolute atomic E-state index is 9.14. The summed E-state index contributed by atoms with van der Waals surface area (Å²) >= 11 is 1.60. The van der Waals surface area contributed by atoms with E-state index in [-0.39, 0.29) is 0 Å². The minimum atomic E-state index is 0.470. The van der Waals surface area contributed by atoms with Gasteiger partial charge >= 0.3 is 0 Å². The molecule has 0 spiro atoms. The molecule has 0 bridgehead atoms. The van der Waals surface area contributed by atoms with Gasteiger partial charge in [0.2, 0.25) is 0 Å². The number of nitriles is 1. The number of benzene rings is 1. The Labute approximate surface area is 136 Å². The normalized spacial score (nSPS) is 10.8. The van der Waals surface area contributed by atoms with Crippen LogP contribution in [0.2, 0.25) is 0 Å². The molecule has 1 aromatic carbocycles. The van der Waals surface area contributed by atoms with Crippen LogP contribution in [0.1, 0.15) is 11.3 Å². The summed E-state index contributed by atoms with van der Waals surface area (Å²) in [4.78, 5) is 10.3. The molecular formula is C17H11N5S. The third-order valence-electron chi connectivity index (χ3n) is 3.54. The van der Waals surface area contributed by atoms with Crippen LogP contribution in [0.4, 0.5) is 0 Å². The maximum atomic E-state index is 9.14. The van der Waals surface area contributed by atoms with Crippen molar-refractivity contribution in [1.29, 1.82) is 5.26 Å². The lowest BCUT2D eigenvalue weighted by Gasteiger charge is -1.99. The molecule has 23 heavy (non-hydrogen) atoms. The van der Waals surface area contributed by atoms with Crippen LogP contribution < -0.4 is 0 Å². The highest BCUT2D eigenvalue weighted by Gasteiger charge is 2.14. The van der Waals surface area contributed by atoms with Gasteiger partial charge in [0.05, 0.1) is 22.5 Å².